The van der Waals surface area contributed by atoms with E-state index in [9.17, 15) is 4.79 Å². The van der Waals surface area contributed by atoms with Gasteiger partial charge in [-0.05, 0) is 18.0 Å². The fourth-order valence-corrected chi connectivity index (χ4v) is 3.18. The molecule has 0 unspecified atom stereocenters. The summed E-state index contributed by atoms with van der Waals surface area (Å²) >= 11 is 0. The number of rotatable bonds is 6. The molecular formula is C20H28N4O2. The van der Waals surface area contributed by atoms with Crippen LogP contribution in [-0.4, -0.2) is 58.6 Å². The van der Waals surface area contributed by atoms with Crippen molar-refractivity contribution in [3.63, 3.8) is 0 Å². The minimum Gasteiger partial charge on any atom is -0.340 e. The molecule has 1 aliphatic heterocycles. The van der Waals surface area contributed by atoms with Crippen molar-refractivity contribution in [2.75, 3.05) is 32.7 Å². The first kappa shape index (κ1) is 18.6. The Morgan fingerprint density at radius 1 is 1.15 bits per heavy atom. The summed E-state index contributed by atoms with van der Waals surface area (Å²) in [6, 6.07) is 8.22. The zero-order valence-corrected chi connectivity index (χ0v) is 15.9. The minimum atomic E-state index is 0.168. The van der Waals surface area contributed by atoms with Crippen molar-refractivity contribution < 1.29 is 9.32 Å². The van der Waals surface area contributed by atoms with Gasteiger partial charge >= 0.3 is 0 Å². The Morgan fingerprint density at radius 3 is 2.46 bits per heavy atom. The molecule has 2 heterocycles. The molecule has 0 radical (unpaired) electrons. The highest BCUT2D eigenvalue weighted by atomic mass is 16.5. The molecular weight excluding hydrogens is 328 g/mol. The highest BCUT2D eigenvalue weighted by molar-refractivity contribution is 5.76. The fourth-order valence-electron chi connectivity index (χ4n) is 3.18. The van der Waals surface area contributed by atoms with Crippen LogP contribution in [0.5, 0.6) is 0 Å². The topological polar surface area (TPSA) is 62.5 Å². The number of hydrogen-bond acceptors (Lipinski definition) is 5. The number of benzene rings is 1. The largest absolute Gasteiger partial charge is 0.340 e. The van der Waals surface area contributed by atoms with E-state index in [1.807, 2.05) is 17.0 Å². The Bertz CT molecular complexity index is 716. The number of likely N-dealkylation sites (N-methyl/N-ethyl adjacent to an activating group) is 1. The van der Waals surface area contributed by atoms with Gasteiger partial charge in [-0.15, -0.1) is 0 Å². The standard InChI is InChI=1S/C20H28N4O2/c1-4-23-11-13-24(14-12-23)19(25)10-9-18-21-20(22-26-18)17-7-5-16(6-8-17)15(2)3/h5-8,15H,4,9-14H2,1-3H3. The van der Waals surface area contributed by atoms with Gasteiger partial charge in [-0.2, -0.15) is 4.98 Å². The summed E-state index contributed by atoms with van der Waals surface area (Å²) in [5, 5.41) is 4.05. The van der Waals surface area contributed by atoms with Crippen LogP contribution in [-0.2, 0) is 11.2 Å². The van der Waals surface area contributed by atoms with Crippen LogP contribution in [0.3, 0.4) is 0 Å². The number of carbonyl (C=O) groups excluding carboxylic acids is 1. The lowest BCUT2D eigenvalue weighted by Gasteiger charge is -2.34. The maximum atomic E-state index is 12.4. The van der Waals surface area contributed by atoms with Crippen molar-refractivity contribution in [2.24, 2.45) is 0 Å². The predicted octanol–water partition coefficient (Wildman–Crippen LogP) is 2.96. The molecule has 6 heteroatoms. The lowest BCUT2D eigenvalue weighted by atomic mass is 10.0. The minimum absolute atomic E-state index is 0.168. The molecule has 0 atom stereocenters. The lowest BCUT2D eigenvalue weighted by molar-refractivity contribution is -0.132. The van der Waals surface area contributed by atoms with Crippen LogP contribution in [0.4, 0.5) is 0 Å². The summed E-state index contributed by atoms with van der Waals surface area (Å²) in [5.41, 5.74) is 2.22. The number of piperazine rings is 1. The van der Waals surface area contributed by atoms with E-state index in [1.54, 1.807) is 0 Å². The molecule has 0 aliphatic carbocycles. The predicted molar refractivity (Wildman–Crippen MR) is 101 cm³/mol. The van der Waals surface area contributed by atoms with E-state index >= 15 is 0 Å². The third-order valence-corrected chi connectivity index (χ3v) is 5.03. The van der Waals surface area contributed by atoms with Gasteiger partial charge < -0.3 is 14.3 Å². The van der Waals surface area contributed by atoms with Crippen molar-refractivity contribution >= 4 is 5.91 Å². The first-order valence-corrected chi connectivity index (χ1v) is 9.50. The van der Waals surface area contributed by atoms with Crippen molar-refractivity contribution in [1.29, 1.82) is 0 Å². The molecule has 1 aliphatic rings. The van der Waals surface area contributed by atoms with Crippen LogP contribution in [0.1, 0.15) is 44.6 Å². The van der Waals surface area contributed by atoms with Crippen LogP contribution >= 0.6 is 0 Å². The molecule has 1 aromatic heterocycles. The molecule has 0 N–H and O–H groups in total. The van der Waals surface area contributed by atoms with Gasteiger partial charge in [-0.25, -0.2) is 0 Å². The molecule has 26 heavy (non-hydrogen) atoms. The third kappa shape index (κ3) is 4.49. The summed E-state index contributed by atoms with van der Waals surface area (Å²) in [6.45, 7) is 11.1. The van der Waals surface area contributed by atoms with Gasteiger partial charge in [0.25, 0.3) is 0 Å². The second-order valence-corrected chi connectivity index (χ2v) is 7.10. The molecule has 1 amide bonds. The molecule has 6 nitrogen and oxygen atoms in total. The number of carbonyl (C=O) groups is 1. The lowest BCUT2D eigenvalue weighted by Crippen LogP contribution is -2.48. The van der Waals surface area contributed by atoms with E-state index in [0.29, 0.717) is 30.5 Å². The third-order valence-electron chi connectivity index (χ3n) is 5.03. The van der Waals surface area contributed by atoms with Gasteiger partial charge in [0.15, 0.2) is 0 Å². The van der Waals surface area contributed by atoms with Gasteiger partial charge in [-0.3, -0.25) is 4.79 Å². The van der Waals surface area contributed by atoms with Crippen LogP contribution in [0, 0.1) is 0 Å². The molecule has 1 fully saturated rings. The number of amides is 1. The summed E-state index contributed by atoms with van der Waals surface area (Å²) < 4.78 is 5.33. The first-order chi connectivity index (χ1) is 12.6. The van der Waals surface area contributed by atoms with Gasteiger partial charge in [0.1, 0.15) is 0 Å². The average Bonchev–Trinajstić information content (AvgIpc) is 3.15. The van der Waals surface area contributed by atoms with Crippen LogP contribution in [0.15, 0.2) is 28.8 Å². The number of hydrogen-bond donors (Lipinski definition) is 0. The second-order valence-electron chi connectivity index (χ2n) is 7.10. The highest BCUT2D eigenvalue weighted by Crippen LogP contribution is 2.20. The molecule has 2 aromatic rings. The Balaban J connectivity index is 1.53. The Labute approximate surface area is 155 Å². The van der Waals surface area contributed by atoms with E-state index in [0.717, 1.165) is 38.3 Å². The molecule has 0 bridgehead atoms. The van der Waals surface area contributed by atoms with Gasteiger partial charge in [0, 0.05) is 44.6 Å². The van der Waals surface area contributed by atoms with Crippen LogP contribution in [0.2, 0.25) is 0 Å². The average molecular weight is 356 g/mol. The van der Waals surface area contributed by atoms with E-state index in [1.165, 1.54) is 5.56 Å². The number of nitrogens with zero attached hydrogens (tertiary/aromatic N) is 4. The smallest absolute Gasteiger partial charge is 0.227 e. The first-order valence-electron chi connectivity index (χ1n) is 9.50. The zero-order valence-electron chi connectivity index (χ0n) is 15.9. The monoisotopic (exact) mass is 356 g/mol. The van der Waals surface area contributed by atoms with Crippen molar-refractivity contribution in [3.05, 3.63) is 35.7 Å². The number of aryl methyl sites for hydroxylation is 1. The van der Waals surface area contributed by atoms with Crippen LogP contribution in [0.25, 0.3) is 11.4 Å². The maximum Gasteiger partial charge on any atom is 0.227 e. The number of aromatic nitrogens is 2. The normalized spacial score (nSPS) is 15.6. The maximum absolute atomic E-state index is 12.4. The highest BCUT2D eigenvalue weighted by Gasteiger charge is 2.20. The Hall–Kier alpha value is -2.21. The fraction of sp³-hybridized carbons (Fsp3) is 0.550. The van der Waals surface area contributed by atoms with Crippen molar-refractivity contribution in [1.82, 2.24) is 19.9 Å². The summed E-state index contributed by atoms with van der Waals surface area (Å²) in [7, 11) is 0. The van der Waals surface area contributed by atoms with Crippen molar-refractivity contribution in [2.45, 2.75) is 39.5 Å². The Morgan fingerprint density at radius 2 is 1.85 bits per heavy atom. The Kier molecular flexibility index (Phi) is 6.04. The van der Waals surface area contributed by atoms with Crippen LogP contribution < -0.4 is 0 Å². The quantitative estimate of drug-likeness (QED) is 0.796. The van der Waals surface area contributed by atoms with E-state index in [4.69, 9.17) is 4.52 Å². The zero-order chi connectivity index (χ0) is 18.5. The van der Waals surface area contributed by atoms with Gasteiger partial charge in [-0.1, -0.05) is 50.2 Å². The van der Waals surface area contributed by atoms with Crippen molar-refractivity contribution in [3.8, 4) is 11.4 Å². The summed E-state index contributed by atoms with van der Waals surface area (Å²) in [5.74, 6) is 1.77. The molecule has 140 valence electrons. The second kappa shape index (κ2) is 8.45. The summed E-state index contributed by atoms with van der Waals surface area (Å²) in [4.78, 5) is 21.1. The molecule has 1 saturated heterocycles. The van der Waals surface area contributed by atoms with Gasteiger partial charge in [0.2, 0.25) is 17.6 Å². The van der Waals surface area contributed by atoms with Gasteiger partial charge in [0.05, 0.1) is 0 Å². The van der Waals surface area contributed by atoms with E-state index in [2.05, 4.69) is 47.9 Å². The van der Waals surface area contributed by atoms with E-state index in [-0.39, 0.29) is 5.91 Å². The molecule has 0 saturated carbocycles. The molecule has 1 aromatic carbocycles. The molecule has 3 rings (SSSR count). The molecule has 0 spiro atoms. The van der Waals surface area contributed by atoms with E-state index < -0.39 is 0 Å². The SMILES string of the molecule is CCN1CCN(C(=O)CCc2nc(-c3ccc(C(C)C)cc3)no2)CC1. The summed E-state index contributed by atoms with van der Waals surface area (Å²) in [6.07, 6.45) is 0.907.